The van der Waals surface area contributed by atoms with E-state index >= 15 is 0 Å². The van der Waals surface area contributed by atoms with E-state index in [2.05, 4.69) is 0 Å². The predicted octanol–water partition coefficient (Wildman–Crippen LogP) is -0.547. The maximum absolute atomic E-state index is 11.4. The average Bonchev–Trinajstić information content (AvgIpc) is 2.15. The summed E-state index contributed by atoms with van der Waals surface area (Å²) in [6.07, 6.45) is -0.231. The number of aliphatic carboxylic acids is 2. The molecule has 0 aromatic heterocycles. The van der Waals surface area contributed by atoms with Crippen molar-refractivity contribution in [2.75, 3.05) is 0 Å². The molecule has 1 rings (SSSR count). The number of hydrogen-bond donors (Lipinski definition) is 2. The number of carbonyl (C=O) groups is 4. The number of piperidine rings is 1. The van der Waals surface area contributed by atoms with Crippen molar-refractivity contribution >= 4 is 23.8 Å². The predicted molar refractivity (Wildman–Crippen MR) is 49.4 cm³/mol. The third kappa shape index (κ3) is 2.56. The first kappa shape index (κ1) is 12.2. The van der Waals surface area contributed by atoms with Crippen molar-refractivity contribution in [1.29, 1.82) is 0 Å². The van der Waals surface area contributed by atoms with E-state index in [-0.39, 0.29) is 12.8 Å². The monoisotopic (exact) mass is 229 g/mol. The summed E-state index contributed by atoms with van der Waals surface area (Å²) < 4.78 is 0. The van der Waals surface area contributed by atoms with Crippen LogP contribution in [-0.4, -0.2) is 44.9 Å². The largest absolute Gasteiger partial charge is 0.481 e. The maximum Gasteiger partial charge on any atom is 0.327 e. The van der Waals surface area contributed by atoms with Crippen LogP contribution in [0.15, 0.2) is 0 Å². The van der Waals surface area contributed by atoms with Crippen molar-refractivity contribution < 1.29 is 29.4 Å². The van der Waals surface area contributed by atoms with Gasteiger partial charge in [0.1, 0.15) is 6.04 Å². The summed E-state index contributed by atoms with van der Waals surface area (Å²) in [6.45, 7) is 0. The van der Waals surface area contributed by atoms with E-state index in [1.165, 1.54) is 0 Å². The second kappa shape index (κ2) is 4.73. The molecular weight excluding hydrogens is 218 g/mol. The molecule has 1 fully saturated rings. The van der Waals surface area contributed by atoms with Crippen LogP contribution in [0, 0.1) is 0 Å². The third-order valence-corrected chi connectivity index (χ3v) is 2.28. The molecule has 2 amide bonds. The highest BCUT2D eigenvalue weighted by Gasteiger charge is 2.37. The molecule has 1 aliphatic heterocycles. The lowest BCUT2D eigenvalue weighted by atomic mass is 10.0. The molecule has 2 N–H and O–H groups in total. The smallest absolute Gasteiger partial charge is 0.327 e. The van der Waals surface area contributed by atoms with Crippen molar-refractivity contribution in [2.45, 2.75) is 31.7 Å². The zero-order valence-electron chi connectivity index (χ0n) is 8.38. The van der Waals surface area contributed by atoms with E-state index in [9.17, 15) is 19.2 Å². The molecule has 0 spiro atoms. The van der Waals surface area contributed by atoms with Crippen LogP contribution in [0.1, 0.15) is 25.7 Å². The van der Waals surface area contributed by atoms with E-state index < -0.39 is 36.2 Å². The Morgan fingerprint density at radius 1 is 1.19 bits per heavy atom. The van der Waals surface area contributed by atoms with Crippen LogP contribution in [0.25, 0.3) is 0 Å². The molecule has 0 aromatic carbocycles. The van der Waals surface area contributed by atoms with E-state index in [0.717, 1.165) is 0 Å². The van der Waals surface area contributed by atoms with Gasteiger partial charge in [0.2, 0.25) is 11.8 Å². The number of carboxylic acids is 2. The van der Waals surface area contributed by atoms with Crippen LogP contribution in [0.4, 0.5) is 0 Å². The van der Waals surface area contributed by atoms with E-state index in [1.54, 1.807) is 0 Å². The van der Waals surface area contributed by atoms with E-state index in [1.807, 2.05) is 0 Å². The Labute approximate surface area is 90.6 Å². The Balaban J connectivity index is 2.90. The second-order valence-electron chi connectivity index (χ2n) is 3.46. The molecule has 7 nitrogen and oxygen atoms in total. The van der Waals surface area contributed by atoms with Crippen molar-refractivity contribution in [3.8, 4) is 0 Å². The van der Waals surface area contributed by atoms with Crippen molar-refractivity contribution in [3.05, 3.63) is 0 Å². The van der Waals surface area contributed by atoms with Gasteiger partial charge in [0.15, 0.2) is 0 Å². The normalized spacial score (nSPS) is 18.4. The first-order valence-corrected chi connectivity index (χ1v) is 4.73. The molecule has 0 aromatic rings. The minimum atomic E-state index is -1.60. The highest BCUT2D eigenvalue weighted by molar-refractivity contribution is 6.01. The molecule has 0 saturated carbocycles. The summed E-state index contributed by atoms with van der Waals surface area (Å²) in [5.74, 6) is -4.08. The van der Waals surface area contributed by atoms with Crippen LogP contribution < -0.4 is 0 Å². The van der Waals surface area contributed by atoms with Crippen LogP contribution in [0.3, 0.4) is 0 Å². The molecule has 1 saturated heterocycles. The molecule has 1 heterocycles. The fourth-order valence-corrected chi connectivity index (χ4v) is 1.57. The Morgan fingerprint density at radius 2 is 1.69 bits per heavy atom. The Hall–Kier alpha value is -1.92. The summed E-state index contributed by atoms with van der Waals surface area (Å²) in [7, 11) is 0. The maximum atomic E-state index is 11.4. The van der Waals surface area contributed by atoms with Gasteiger partial charge in [-0.05, 0) is 6.42 Å². The molecule has 1 aliphatic rings. The number of rotatable bonds is 4. The highest BCUT2D eigenvalue weighted by atomic mass is 16.4. The number of likely N-dealkylation sites (tertiary alicyclic amines) is 1. The van der Waals surface area contributed by atoms with Crippen molar-refractivity contribution in [2.24, 2.45) is 0 Å². The first-order chi connectivity index (χ1) is 7.43. The summed E-state index contributed by atoms with van der Waals surface area (Å²) >= 11 is 0. The number of imide groups is 1. The number of carbonyl (C=O) groups excluding carboxylic acids is 2. The zero-order valence-corrected chi connectivity index (χ0v) is 8.38. The Bertz CT molecular complexity index is 334. The Morgan fingerprint density at radius 3 is 2.06 bits per heavy atom. The van der Waals surface area contributed by atoms with Gasteiger partial charge in [-0.25, -0.2) is 4.79 Å². The molecule has 88 valence electrons. The van der Waals surface area contributed by atoms with Crippen molar-refractivity contribution in [1.82, 2.24) is 4.90 Å². The molecule has 1 atom stereocenters. The molecule has 0 bridgehead atoms. The molecule has 7 heteroatoms. The van der Waals surface area contributed by atoms with Crippen molar-refractivity contribution in [3.63, 3.8) is 0 Å². The molecule has 0 aliphatic carbocycles. The zero-order chi connectivity index (χ0) is 12.3. The fourth-order valence-electron chi connectivity index (χ4n) is 1.57. The number of nitrogens with zero attached hydrogens (tertiary/aromatic N) is 1. The van der Waals surface area contributed by atoms with Gasteiger partial charge < -0.3 is 10.2 Å². The van der Waals surface area contributed by atoms with Gasteiger partial charge >= 0.3 is 11.9 Å². The average molecular weight is 229 g/mol. The summed E-state index contributed by atoms with van der Waals surface area (Å²) in [5, 5.41) is 17.3. The molecular formula is C9H11NO6. The summed E-state index contributed by atoms with van der Waals surface area (Å²) in [5.41, 5.74) is 0. The van der Waals surface area contributed by atoms with Gasteiger partial charge in [0, 0.05) is 12.8 Å². The number of carboxylic acid groups (broad SMARTS) is 2. The van der Waals surface area contributed by atoms with Crippen LogP contribution >= 0.6 is 0 Å². The fraction of sp³-hybridized carbons (Fsp3) is 0.556. The highest BCUT2D eigenvalue weighted by Crippen LogP contribution is 2.17. The van der Waals surface area contributed by atoms with Gasteiger partial charge in [-0.2, -0.15) is 0 Å². The minimum absolute atomic E-state index is 0.0785. The van der Waals surface area contributed by atoms with Crippen LogP contribution in [-0.2, 0) is 19.2 Å². The van der Waals surface area contributed by atoms with Crippen LogP contribution in [0.5, 0.6) is 0 Å². The minimum Gasteiger partial charge on any atom is -0.481 e. The second-order valence-corrected chi connectivity index (χ2v) is 3.46. The standard InChI is InChI=1S/C9H11NO6/c11-6-2-1-3-7(12)10(6)5(9(15)16)4-8(13)14/h5H,1-4H2,(H,13,14)(H,15,16). The van der Waals surface area contributed by atoms with E-state index in [4.69, 9.17) is 10.2 Å². The van der Waals surface area contributed by atoms with Gasteiger partial charge in [0.25, 0.3) is 0 Å². The van der Waals surface area contributed by atoms with Gasteiger partial charge in [-0.1, -0.05) is 0 Å². The molecule has 0 radical (unpaired) electrons. The van der Waals surface area contributed by atoms with E-state index in [0.29, 0.717) is 11.3 Å². The summed E-state index contributed by atoms with van der Waals surface area (Å²) in [6, 6.07) is -1.60. The van der Waals surface area contributed by atoms with Crippen LogP contribution in [0.2, 0.25) is 0 Å². The van der Waals surface area contributed by atoms with Gasteiger partial charge in [0.05, 0.1) is 6.42 Å². The van der Waals surface area contributed by atoms with Gasteiger partial charge in [-0.15, -0.1) is 0 Å². The SMILES string of the molecule is O=C(O)CC(C(=O)O)N1C(=O)CCCC1=O. The number of amides is 2. The molecule has 1 unspecified atom stereocenters. The lowest BCUT2D eigenvalue weighted by Gasteiger charge is -2.29. The summed E-state index contributed by atoms with van der Waals surface area (Å²) in [4.78, 5) is 44.6. The lowest BCUT2D eigenvalue weighted by Crippen LogP contribution is -2.51. The number of hydrogen-bond acceptors (Lipinski definition) is 4. The molecule has 16 heavy (non-hydrogen) atoms. The third-order valence-electron chi connectivity index (χ3n) is 2.28. The quantitative estimate of drug-likeness (QED) is 0.625. The topological polar surface area (TPSA) is 112 Å². The van der Waals surface area contributed by atoms with Gasteiger partial charge in [-0.3, -0.25) is 19.3 Å². The lowest BCUT2D eigenvalue weighted by molar-refractivity contribution is -0.162. The Kier molecular flexibility index (Phi) is 3.60. The first-order valence-electron chi connectivity index (χ1n) is 4.73.